The summed E-state index contributed by atoms with van der Waals surface area (Å²) in [5.41, 5.74) is 1.88. The zero-order valence-corrected chi connectivity index (χ0v) is 16.8. The number of hydrogen-bond donors (Lipinski definition) is 2. The van der Waals surface area contributed by atoms with Crippen LogP contribution in [0.15, 0.2) is 24.3 Å². The van der Waals surface area contributed by atoms with Gasteiger partial charge in [-0.05, 0) is 44.2 Å². The molecule has 1 heterocycles. The average Bonchev–Trinajstić information content (AvgIpc) is 2.62. The summed E-state index contributed by atoms with van der Waals surface area (Å²) >= 11 is 0. The molecule has 1 aliphatic rings. The van der Waals surface area contributed by atoms with Gasteiger partial charge in [-0.1, -0.05) is 13.8 Å². The summed E-state index contributed by atoms with van der Waals surface area (Å²) in [6, 6.07) is 7.93. The number of rotatable bonds is 8. The Labute approximate surface area is 162 Å². The molecule has 2 N–H and O–H groups in total. The number of carbonyl (C=O) groups excluding carboxylic acids is 2. The number of nitrogens with one attached hydrogen (secondary N) is 2. The fourth-order valence-electron chi connectivity index (χ4n) is 2.79. The van der Waals surface area contributed by atoms with Gasteiger partial charge in [-0.2, -0.15) is 0 Å². The number of morpholine rings is 1. The first-order chi connectivity index (χ1) is 12.8. The van der Waals surface area contributed by atoms with Crippen molar-refractivity contribution in [2.75, 3.05) is 56.7 Å². The summed E-state index contributed by atoms with van der Waals surface area (Å²) in [4.78, 5) is 28.2. The molecule has 0 bridgehead atoms. The van der Waals surface area contributed by atoms with Crippen molar-refractivity contribution < 1.29 is 14.3 Å². The predicted octanol–water partition coefficient (Wildman–Crippen LogP) is 1.55. The van der Waals surface area contributed by atoms with Crippen LogP contribution in [0.3, 0.4) is 0 Å². The Morgan fingerprint density at radius 1 is 1.07 bits per heavy atom. The normalized spacial score (nSPS) is 15.7. The van der Waals surface area contributed by atoms with Crippen molar-refractivity contribution >= 4 is 23.2 Å². The van der Waals surface area contributed by atoms with Gasteiger partial charge in [0.2, 0.25) is 11.8 Å². The van der Waals surface area contributed by atoms with Crippen LogP contribution in [0.4, 0.5) is 11.4 Å². The number of amides is 2. The van der Waals surface area contributed by atoms with Crippen LogP contribution in [0.2, 0.25) is 0 Å². The van der Waals surface area contributed by atoms with Gasteiger partial charge in [0.15, 0.2) is 0 Å². The van der Waals surface area contributed by atoms with Crippen LogP contribution >= 0.6 is 0 Å². The number of anilines is 2. The lowest BCUT2D eigenvalue weighted by Gasteiger charge is -2.28. The maximum absolute atomic E-state index is 12.2. The van der Waals surface area contributed by atoms with Crippen molar-refractivity contribution in [1.82, 2.24) is 10.2 Å². The van der Waals surface area contributed by atoms with E-state index >= 15 is 0 Å². The van der Waals surface area contributed by atoms with Crippen molar-refractivity contribution in [2.24, 2.45) is 5.92 Å². The van der Waals surface area contributed by atoms with Crippen LogP contribution in [0, 0.1) is 5.92 Å². The lowest BCUT2D eigenvalue weighted by molar-refractivity contribution is -0.123. The number of carbonyl (C=O) groups is 2. The summed E-state index contributed by atoms with van der Waals surface area (Å²) < 4.78 is 5.36. The summed E-state index contributed by atoms with van der Waals surface area (Å²) in [6.07, 6.45) is 0. The van der Waals surface area contributed by atoms with E-state index in [1.807, 2.05) is 31.2 Å². The zero-order chi connectivity index (χ0) is 19.8. The number of hydrogen-bond acceptors (Lipinski definition) is 5. The molecule has 7 heteroatoms. The Bertz CT molecular complexity index is 612. The van der Waals surface area contributed by atoms with Gasteiger partial charge in [0, 0.05) is 30.5 Å². The molecule has 7 nitrogen and oxygen atoms in total. The van der Waals surface area contributed by atoms with Crippen LogP contribution in [-0.4, -0.2) is 69.2 Å². The Hall–Kier alpha value is -2.12. The van der Waals surface area contributed by atoms with Crippen molar-refractivity contribution in [3.05, 3.63) is 24.3 Å². The fourth-order valence-corrected chi connectivity index (χ4v) is 2.79. The summed E-state index contributed by atoms with van der Waals surface area (Å²) in [6.45, 7) is 9.72. The first-order valence-electron chi connectivity index (χ1n) is 9.55. The van der Waals surface area contributed by atoms with Crippen LogP contribution < -0.4 is 15.5 Å². The van der Waals surface area contributed by atoms with Gasteiger partial charge in [-0.3, -0.25) is 14.5 Å². The highest BCUT2D eigenvalue weighted by Crippen LogP contribution is 2.19. The first-order valence-corrected chi connectivity index (χ1v) is 9.55. The molecule has 150 valence electrons. The van der Waals surface area contributed by atoms with E-state index in [-0.39, 0.29) is 30.9 Å². The number of benzene rings is 1. The molecule has 0 aliphatic carbocycles. The predicted molar refractivity (Wildman–Crippen MR) is 108 cm³/mol. The highest BCUT2D eigenvalue weighted by molar-refractivity contribution is 5.92. The smallest absolute Gasteiger partial charge is 0.238 e. The summed E-state index contributed by atoms with van der Waals surface area (Å²) in [5.74, 6) is 0.172. The van der Waals surface area contributed by atoms with Crippen LogP contribution in [0.25, 0.3) is 0 Å². The van der Waals surface area contributed by atoms with Gasteiger partial charge in [-0.15, -0.1) is 0 Å². The summed E-state index contributed by atoms with van der Waals surface area (Å²) in [5, 5.41) is 5.82. The van der Waals surface area contributed by atoms with E-state index < -0.39 is 0 Å². The third-order valence-corrected chi connectivity index (χ3v) is 4.74. The molecule has 0 radical (unpaired) electrons. The average molecular weight is 377 g/mol. The largest absolute Gasteiger partial charge is 0.378 e. The Balaban J connectivity index is 1.76. The maximum Gasteiger partial charge on any atom is 0.238 e. The van der Waals surface area contributed by atoms with E-state index in [0.717, 1.165) is 37.7 Å². The molecule has 0 saturated carbocycles. The van der Waals surface area contributed by atoms with E-state index in [2.05, 4.69) is 29.4 Å². The molecule has 1 atom stereocenters. The molecule has 1 saturated heterocycles. The van der Waals surface area contributed by atoms with E-state index in [1.165, 1.54) is 0 Å². The monoisotopic (exact) mass is 376 g/mol. The van der Waals surface area contributed by atoms with E-state index in [1.54, 1.807) is 11.9 Å². The van der Waals surface area contributed by atoms with Gasteiger partial charge in [-0.25, -0.2) is 0 Å². The minimum Gasteiger partial charge on any atom is -0.378 e. The number of likely N-dealkylation sites (N-methyl/N-ethyl adjacent to an activating group) is 1. The highest BCUT2D eigenvalue weighted by Gasteiger charge is 2.15. The second-order valence-electron chi connectivity index (χ2n) is 7.47. The molecule has 2 amide bonds. The lowest BCUT2D eigenvalue weighted by Crippen LogP contribution is -2.43. The SMILES string of the molecule is CC(C)[C@@H](C)NC(=O)CN(C)CC(=O)Nc1ccc(N2CCOCC2)cc1. The quantitative estimate of drug-likeness (QED) is 0.720. The second kappa shape index (κ2) is 10.3. The molecule has 1 aliphatic heterocycles. The van der Waals surface area contributed by atoms with Gasteiger partial charge in [0.05, 0.1) is 26.3 Å². The highest BCUT2D eigenvalue weighted by atomic mass is 16.5. The van der Waals surface area contributed by atoms with Crippen molar-refractivity contribution in [3.8, 4) is 0 Å². The van der Waals surface area contributed by atoms with Gasteiger partial charge in [0.1, 0.15) is 0 Å². The topological polar surface area (TPSA) is 73.9 Å². The van der Waals surface area contributed by atoms with Crippen LogP contribution in [0.5, 0.6) is 0 Å². The van der Waals surface area contributed by atoms with Crippen LogP contribution in [-0.2, 0) is 14.3 Å². The van der Waals surface area contributed by atoms with E-state index in [4.69, 9.17) is 4.74 Å². The molecule has 1 aromatic carbocycles. The van der Waals surface area contributed by atoms with Gasteiger partial charge >= 0.3 is 0 Å². The van der Waals surface area contributed by atoms with Gasteiger partial charge in [0.25, 0.3) is 0 Å². The van der Waals surface area contributed by atoms with Crippen molar-refractivity contribution in [1.29, 1.82) is 0 Å². The molecule has 0 spiro atoms. The molecule has 2 rings (SSSR count). The first kappa shape index (κ1) is 21.2. The molecular formula is C20H32N4O3. The van der Waals surface area contributed by atoms with Gasteiger partial charge < -0.3 is 20.3 Å². The Morgan fingerprint density at radius 2 is 1.67 bits per heavy atom. The molecule has 1 aromatic rings. The third-order valence-electron chi connectivity index (χ3n) is 4.74. The van der Waals surface area contributed by atoms with E-state index in [0.29, 0.717) is 5.92 Å². The fraction of sp³-hybridized carbons (Fsp3) is 0.600. The molecule has 27 heavy (non-hydrogen) atoms. The van der Waals surface area contributed by atoms with Crippen molar-refractivity contribution in [3.63, 3.8) is 0 Å². The Kier molecular flexibility index (Phi) is 8.06. The zero-order valence-electron chi connectivity index (χ0n) is 16.8. The minimum absolute atomic E-state index is 0.0682. The lowest BCUT2D eigenvalue weighted by atomic mass is 10.1. The maximum atomic E-state index is 12.2. The minimum atomic E-state index is -0.138. The standard InChI is InChI=1S/C20H32N4O3/c1-15(2)16(3)21-19(25)13-23(4)14-20(26)22-17-5-7-18(8-6-17)24-9-11-27-12-10-24/h5-8,15-16H,9-14H2,1-4H3,(H,21,25)(H,22,26)/t16-/m1/s1. The number of nitrogens with zero attached hydrogens (tertiary/aromatic N) is 2. The molecule has 1 fully saturated rings. The molecule has 0 unspecified atom stereocenters. The second-order valence-corrected chi connectivity index (χ2v) is 7.47. The molecular weight excluding hydrogens is 344 g/mol. The Morgan fingerprint density at radius 3 is 2.26 bits per heavy atom. The van der Waals surface area contributed by atoms with E-state index in [9.17, 15) is 9.59 Å². The molecule has 0 aromatic heterocycles. The summed E-state index contributed by atoms with van der Waals surface area (Å²) in [7, 11) is 1.76. The third kappa shape index (κ3) is 7.19. The van der Waals surface area contributed by atoms with Crippen molar-refractivity contribution in [2.45, 2.75) is 26.8 Å². The van der Waals surface area contributed by atoms with Crippen LogP contribution in [0.1, 0.15) is 20.8 Å². The number of ether oxygens (including phenoxy) is 1.